The smallest absolute Gasteiger partial charge is 0.255 e. The van der Waals surface area contributed by atoms with Gasteiger partial charge >= 0.3 is 0 Å². The van der Waals surface area contributed by atoms with Crippen molar-refractivity contribution in [2.75, 3.05) is 23.1 Å². The number of hydrogen-bond donors (Lipinski definition) is 4. The second-order valence-electron chi connectivity index (χ2n) is 19.3. The number of methoxy groups -OCH3 is 1. The molecule has 9 aromatic rings. The number of ketones is 3. The maximum Gasteiger partial charge on any atom is 0.255 e. The van der Waals surface area contributed by atoms with Gasteiger partial charge in [-0.3, -0.25) is 38.7 Å². The monoisotopic (exact) mass is 1130 g/mol. The van der Waals surface area contributed by atoms with Crippen molar-refractivity contribution in [1.82, 2.24) is 9.97 Å². The highest BCUT2D eigenvalue weighted by Gasteiger charge is 2.13. The molecule has 9 rings (SSSR count). The number of aliphatic hydroxyl groups excluding tert-OH is 1. The van der Waals surface area contributed by atoms with Crippen LogP contribution >= 0.6 is 11.6 Å². The first-order valence-corrected chi connectivity index (χ1v) is 27.4. The number of nitrogens with zero attached hydrogens (tertiary/aromatic N) is 2. The fourth-order valence-electron chi connectivity index (χ4n) is 8.41. The molecule has 0 aliphatic heterocycles. The number of amides is 3. The van der Waals surface area contributed by atoms with E-state index in [2.05, 4.69) is 25.9 Å². The number of carbonyl (C=O) groups excluding carboxylic acids is 6. The van der Waals surface area contributed by atoms with Crippen molar-refractivity contribution in [2.45, 2.75) is 64.4 Å². The summed E-state index contributed by atoms with van der Waals surface area (Å²) in [5.74, 6) is 0.364. The van der Waals surface area contributed by atoms with Crippen LogP contribution in [0.2, 0.25) is 5.02 Å². The molecule has 0 aliphatic rings. The first kappa shape index (κ1) is 60.9. The topological polar surface area (TPSA) is 194 Å². The van der Waals surface area contributed by atoms with Gasteiger partial charge in [0.2, 0.25) is 0 Å². The molecule has 13 nitrogen and oxygen atoms in total. The second kappa shape index (κ2) is 32.5. The highest BCUT2D eigenvalue weighted by molar-refractivity contribution is 6.31. The van der Waals surface area contributed by atoms with Crippen molar-refractivity contribution in [1.29, 1.82) is 0 Å². The van der Waals surface area contributed by atoms with E-state index in [1.807, 2.05) is 103 Å². The number of rotatable bonds is 23. The van der Waals surface area contributed by atoms with E-state index >= 15 is 0 Å². The summed E-state index contributed by atoms with van der Waals surface area (Å²) in [4.78, 5) is 81.9. The van der Waals surface area contributed by atoms with E-state index in [9.17, 15) is 33.9 Å². The third-order valence-corrected chi connectivity index (χ3v) is 13.2. The van der Waals surface area contributed by atoms with Crippen molar-refractivity contribution in [2.24, 2.45) is 0 Å². The lowest BCUT2D eigenvalue weighted by Crippen LogP contribution is -2.12. The van der Waals surface area contributed by atoms with Crippen LogP contribution in [0.3, 0.4) is 0 Å². The largest absolute Gasteiger partial charge is 0.497 e. The fraction of sp³-hybridized carbons (Fsp3) is 0.159. The van der Waals surface area contributed by atoms with Crippen LogP contribution in [0.1, 0.15) is 89.5 Å². The highest BCUT2D eigenvalue weighted by Crippen LogP contribution is 2.19. The predicted octanol–water partition coefficient (Wildman–Crippen LogP) is 13.0. The SMILES string of the molecule is COc1cccc(C(=O)Nc2ccc(CC(=O)CCc3ccccc3)nc2)c1.O=C(CCc1ccccc1)Cc1ccc(NC(=O)c2cccc(CO)c2)cc1.O=C(CCc1ccccc1)Cc1ccc(NC(=O)c2cccc(Cl)c2)cn1. The van der Waals surface area contributed by atoms with E-state index < -0.39 is 0 Å². The van der Waals surface area contributed by atoms with Crippen LogP contribution < -0.4 is 20.7 Å². The Kier molecular flexibility index (Phi) is 23.9. The number of aliphatic hydroxyl groups is 1. The molecule has 0 aliphatic carbocycles. The number of aryl methyl sites for hydroxylation is 3. The Morgan fingerprint density at radius 2 is 0.807 bits per heavy atom. The van der Waals surface area contributed by atoms with Gasteiger partial charge in [-0.15, -0.1) is 0 Å². The molecule has 0 saturated heterocycles. The Labute approximate surface area is 488 Å². The van der Waals surface area contributed by atoms with Crippen molar-refractivity contribution < 1.29 is 38.6 Å². The molecule has 0 spiro atoms. The summed E-state index contributed by atoms with van der Waals surface area (Å²) in [7, 11) is 1.56. The molecule has 2 heterocycles. The number of halogens is 1. The number of pyridine rings is 2. The second-order valence-corrected chi connectivity index (χ2v) is 19.8. The third kappa shape index (κ3) is 21.4. The lowest BCUT2D eigenvalue weighted by Gasteiger charge is -2.08. The molecule has 4 N–H and O–H groups in total. The number of nitrogens with one attached hydrogen (secondary N) is 3. The molecule has 0 unspecified atom stereocenters. The minimum atomic E-state index is -0.258. The summed E-state index contributed by atoms with van der Waals surface area (Å²) in [5, 5.41) is 18.1. The van der Waals surface area contributed by atoms with Crippen LogP contribution in [0.15, 0.2) is 225 Å². The number of Topliss-reactive ketones (excluding diaryl/α,β-unsaturated/α-hetero) is 3. The van der Waals surface area contributed by atoms with Gasteiger partial charge in [0.05, 0.1) is 37.5 Å². The van der Waals surface area contributed by atoms with Crippen LogP contribution in [-0.2, 0) is 59.5 Å². The average Bonchev–Trinajstić information content (AvgIpc) is 3.56. The van der Waals surface area contributed by atoms with Gasteiger partial charge in [0.25, 0.3) is 17.7 Å². The van der Waals surface area contributed by atoms with E-state index in [1.165, 1.54) is 5.56 Å². The van der Waals surface area contributed by atoms with E-state index in [1.54, 1.807) is 129 Å². The summed E-state index contributed by atoms with van der Waals surface area (Å²) in [6.07, 6.45) is 7.79. The van der Waals surface area contributed by atoms with Crippen LogP contribution in [0.4, 0.5) is 17.1 Å². The number of ether oxygens (including phenoxy) is 1. The van der Waals surface area contributed by atoms with Crippen molar-refractivity contribution in [3.63, 3.8) is 0 Å². The molecule has 7 aromatic carbocycles. The Hall–Kier alpha value is -9.69. The van der Waals surface area contributed by atoms with Crippen LogP contribution in [0, 0.1) is 0 Å². The number of hydrogen-bond acceptors (Lipinski definition) is 10. The van der Waals surface area contributed by atoms with Crippen molar-refractivity contribution in [3.05, 3.63) is 286 Å². The van der Waals surface area contributed by atoms with Gasteiger partial charge in [0.1, 0.15) is 23.1 Å². The van der Waals surface area contributed by atoms with Gasteiger partial charge in [0.15, 0.2) is 0 Å². The fourth-order valence-corrected chi connectivity index (χ4v) is 8.60. The number of aromatic nitrogens is 2. The number of benzene rings is 7. The van der Waals surface area contributed by atoms with Gasteiger partial charge in [-0.05, 0) is 132 Å². The first-order chi connectivity index (χ1) is 40.4. The Morgan fingerprint density at radius 3 is 1.24 bits per heavy atom. The average molecular weight is 1130 g/mol. The zero-order valence-electron chi connectivity index (χ0n) is 46.0. The minimum absolute atomic E-state index is 0.103. The van der Waals surface area contributed by atoms with Gasteiger partial charge in [-0.25, -0.2) is 0 Å². The van der Waals surface area contributed by atoms with E-state index in [4.69, 9.17) is 16.3 Å². The zero-order valence-corrected chi connectivity index (χ0v) is 46.8. The van der Waals surface area contributed by atoms with Gasteiger partial charge in [0, 0.05) is 77.3 Å². The van der Waals surface area contributed by atoms with Crippen molar-refractivity contribution >= 4 is 63.7 Å². The lowest BCUT2D eigenvalue weighted by molar-refractivity contribution is -0.119. The molecular weight excluding hydrogens is 1060 g/mol. The molecule has 2 aromatic heterocycles. The lowest BCUT2D eigenvalue weighted by atomic mass is 10.0. The predicted molar refractivity (Wildman–Crippen MR) is 326 cm³/mol. The summed E-state index contributed by atoms with van der Waals surface area (Å²) in [5.41, 5.74) is 9.75. The standard InChI is InChI=1S/C24H23NO3.C23H22N2O3.C22H19ClN2O2/c26-17-20-7-4-8-21(15-20)24(28)25-22-12-9-19(10-13-22)16-23(27)14-11-18-5-2-1-3-6-18;1-28-22-9-5-8-18(14-22)23(27)25-20-12-11-19(24-16-20)15-21(26)13-10-17-6-3-2-4-7-17;23-18-8-4-7-17(13-18)22(27)25-20-11-10-19(24-15-20)14-21(26)12-9-16-5-2-1-3-6-16/h1-10,12-13,15,26H,11,14,16-17H2,(H,25,28);2-9,11-12,14,16H,10,13,15H2,1H3,(H,25,27);1-8,10-11,13,15H,9,12,14H2,(H,25,27). The molecule has 14 heteroatoms. The molecule has 3 amide bonds. The Balaban J connectivity index is 0.000000179. The van der Waals surface area contributed by atoms with E-state index in [-0.39, 0.29) is 54.5 Å². The third-order valence-electron chi connectivity index (χ3n) is 12.9. The number of anilines is 3. The first-order valence-electron chi connectivity index (χ1n) is 27.1. The zero-order chi connectivity index (χ0) is 58.6. The maximum atomic E-state index is 12.3. The molecule has 420 valence electrons. The molecular formula is C69H64ClN5O8. The van der Waals surface area contributed by atoms with Gasteiger partial charge < -0.3 is 25.8 Å². The molecule has 0 bridgehead atoms. The maximum absolute atomic E-state index is 12.3. The van der Waals surface area contributed by atoms with E-state index in [0.29, 0.717) is 87.2 Å². The molecule has 0 atom stereocenters. The van der Waals surface area contributed by atoms with E-state index in [0.717, 1.165) is 36.0 Å². The van der Waals surface area contributed by atoms with Crippen molar-refractivity contribution in [3.8, 4) is 5.75 Å². The normalized spacial score (nSPS) is 10.4. The minimum Gasteiger partial charge on any atom is -0.497 e. The van der Waals surface area contributed by atoms with Crippen LogP contribution in [0.25, 0.3) is 0 Å². The molecule has 0 fully saturated rings. The highest BCUT2D eigenvalue weighted by atomic mass is 35.5. The molecule has 83 heavy (non-hydrogen) atoms. The van der Waals surface area contributed by atoms with Crippen LogP contribution in [0.5, 0.6) is 5.75 Å². The molecule has 0 radical (unpaired) electrons. The summed E-state index contributed by atoms with van der Waals surface area (Å²) >= 11 is 5.90. The summed E-state index contributed by atoms with van der Waals surface area (Å²) in [6, 6.07) is 64.7. The summed E-state index contributed by atoms with van der Waals surface area (Å²) in [6.45, 7) is -0.103. The quantitative estimate of drug-likeness (QED) is 0.0479. The molecule has 0 saturated carbocycles. The Morgan fingerprint density at radius 1 is 0.410 bits per heavy atom. The number of carbonyl (C=O) groups is 6. The Bertz CT molecular complexity index is 3390. The van der Waals surface area contributed by atoms with Gasteiger partial charge in [-0.2, -0.15) is 0 Å². The summed E-state index contributed by atoms with van der Waals surface area (Å²) < 4.78 is 5.13. The van der Waals surface area contributed by atoms with Gasteiger partial charge in [-0.1, -0.05) is 139 Å². The van der Waals surface area contributed by atoms with Crippen LogP contribution in [-0.4, -0.2) is 57.3 Å².